The molecule has 0 bridgehead atoms. The molecule has 2 unspecified atom stereocenters. The summed E-state index contributed by atoms with van der Waals surface area (Å²) in [6, 6.07) is 0. The van der Waals surface area contributed by atoms with Crippen molar-refractivity contribution < 1.29 is 8.42 Å². The highest BCUT2D eigenvalue weighted by atomic mass is 32.2. The summed E-state index contributed by atoms with van der Waals surface area (Å²) in [6.45, 7) is 6.20. The third kappa shape index (κ3) is 4.19. The molecule has 0 aromatic rings. The molecule has 0 spiro atoms. The lowest BCUT2D eigenvalue weighted by molar-refractivity contribution is 0.242. The Hall–Kier alpha value is -0.0900. The minimum absolute atomic E-state index is 0.281. The lowest BCUT2D eigenvalue weighted by atomic mass is 9.80. The van der Waals surface area contributed by atoms with Crippen molar-refractivity contribution in [3.8, 4) is 0 Å². The first-order valence-electron chi connectivity index (χ1n) is 7.91. The van der Waals surface area contributed by atoms with Gasteiger partial charge in [-0.05, 0) is 62.3 Å². The standard InChI is InChI=1S/C15H29NO2S/c1-3-6-16-12-15(10-13-9-14(13)11-15)5-8-19(17,18)7-4-2/h13-14,16H,3-12H2,1-2H3. The van der Waals surface area contributed by atoms with Gasteiger partial charge in [-0.15, -0.1) is 0 Å². The van der Waals surface area contributed by atoms with Gasteiger partial charge in [0.2, 0.25) is 0 Å². The lowest BCUT2D eigenvalue weighted by Crippen LogP contribution is -2.35. The first-order valence-corrected chi connectivity index (χ1v) is 9.73. The zero-order valence-electron chi connectivity index (χ0n) is 12.5. The van der Waals surface area contributed by atoms with Crippen LogP contribution in [0.3, 0.4) is 0 Å². The average Bonchev–Trinajstić information content (AvgIpc) is 2.96. The smallest absolute Gasteiger partial charge is 0.150 e. The van der Waals surface area contributed by atoms with E-state index >= 15 is 0 Å². The van der Waals surface area contributed by atoms with Crippen LogP contribution >= 0.6 is 0 Å². The van der Waals surface area contributed by atoms with Crippen LogP contribution in [0, 0.1) is 17.3 Å². The van der Waals surface area contributed by atoms with Gasteiger partial charge in [-0.3, -0.25) is 0 Å². The molecule has 2 aliphatic carbocycles. The van der Waals surface area contributed by atoms with Crippen LogP contribution in [0.25, 0.3) is 0 Å². The molecule has 0 saturated heterocycles. The summed E-state index contributed by atoms with van der Waals surface area (Å²) in [4.78, 5) is 0. The van der Waals surface area contributed by atoms with Gasteiger partial charge < -0.3 is 5.32 Å². The van der Waals surface area contributed by atoms with Crippen LogP contribution in [-0.2, 0) is 9.84 Å². The molecule has 4 heteroatoms. The molecule has 0 aromatic heterocycles. The maximum absolute atomic E-state index is 11.9. The average molecular weight is 287 g/mol. The van der Waals surface area contributed by atoms with E-state index in [1.54, 1.807) is 0 Å². The normalized spacial score (nSPS) is 33.4. The van der Waals surface area contributed by atoms with Gasteiger partial charge in [-0.25, -0.2) is 8.42 Å². The van der Waals surface area contributed by atoms with Gasteiger partial charge in [-0.1, -0.05) is 13.8 Å². The largest absolute Gasteiger partial charge is 0.316 e. The second-order valence-electron chi connectivity index (χ2n) is 6.74. The Kier molecular flexibility index (Phi) is 4.93. The topological polar surface area (TPSA) is 46.2 Å². The summed E-state index contributed by atoms with van der Waals surface area (Å²) in [5, 5.41) is 3.53. The number of hydrogen-bond donors (Lipinski definition) is 1. The van der Waals surface area contributed by atoms with Crippen LogP contribution in [0.2, 0.25) is 0 Å². The van der Waals surface area contributed by atoms with Crippen LogP contribution in [0.15, 0.2) is 0 Å². The molecule has 0 amide bonds. The van der Waals surface area contributed by atoms with Crippen LogP contribution in [0.4, 0.5) is 0 Å². The molecule has 3 nitrogen and oxygen atoms in total. The molecule has 2 fully saturated rings. The van der Waals surface area contributed by atoms with Gasteiger partial charge in [0.1, 0.15) is 9.84 Å². The second kappa shape index (κ2) is 6.13. The van der Waals surface area contributed by atoms with E-state index in [0.717, 1.165) is 44.2 Å². The molecular weight excluding hydrogens is 258 g/mol. The number of sulfone groups is 1. The molecular formula is C15H29NO2S. The highest BCUT2D eigenvalue weighted by molar-refractivity contribution is 7.91. The van der Waals surface area contributed by atoms with Gasteiger partial charge in [0.05, 0.1) is 5.75 Å². The molecule has 0 radical (unpaired) electrons. The van der Waals surface area contributed by atoms with Crippen LogP contribution in [0.1, 0.15) is 52.4 Å². The maximum Gasteiger partial charge on any atom is 0.150 e. The molecule has 19 heavy (non-hydrogen) atoms. The van der Waals surface area contributed by atoms with E-state index < -0.39 is 9.84 Å². The highest BCUT2D eigenvalue weighted by Crippen LogP contribution is 2.60. The first-order chi connectivity index (χ1) is 9.00. The lowest BCUT2D eigenvalue weighted by Gasteiger charge is -2.31. The van der Waals surface area contributed by atoms with Crippen molar-refractivity contribution in [3.05, 3.63) is 0 Å². The fraction of sp³-hybridized carbons (Fsp3) is 1.00. The van der Waals surface area contributed by atoms with Crippen LogP contribution in [-0.4, -0.2) is 33.0 Å². The Balaban J connectivity index is 1.87. The number of rotatable bonds is 9. The van der Waals surface area contributed by atoms with E-state index in [0.29, 0.717) is 11.5 Å². The monoisotopic (exact) mass is 287 g/mol. The van der Waals surface area contributed by atoms with Gasteiger partial charge in [0.25, 0.3) is 0 Å². The van der Waals surface area contributed by atoms with Crippen molar-refractivity contribution in [2.45, 2.75) is 52.4 Å². The number of nitrogens with one attached hydrogen (secondary N) is 1. The number of fused-ring (bicyclic) bond motifs is 1. The first kappa shape index (κ1) is 15.3. The zero-order chi connectivity index (χ0) is 13.9. The minimum atomic E-state index is -2.82. The van der Waals surface area contributed by atoms with Crippen molar-refractivity contribution in [3.63, 3.8) is 0 Å². The zero-order valence-corrected chi connectivity index (χ0v) is 13.3. The summed E-state index contributed by atoms with van der Waals surface area (Å²) in [5.41, 5.74) is 0.281. The van der Waals surface area contributed by atoms with Gasteiger partial charge >= 0.3 is 0 Å². The molecule has 0 heterocycles. The van der Waals surface area contributed by atoms with E-state index in [2.05, 4.69) is 12.2 Å². The summed E-state index contributed by atoms with van der Waals surface area (Å²) < 4.78 is 23.9. The molecule has 2 rings (SSSR count). The summed E-state index contributed by atoms with van der Waals surface area (Å²) in [6.07, 6.45) is 6.69. The van der Waals surface area contributed by atoms with Gasteiger partial charge in [0, 0.05) is 12.3 Å². The summed E-state index contributed by atoms with van der Waals surface area (Å²) in [5.74, 6) is 2.58. The Morgan fingerprint density at radius 1 is 1.11 bits per heavy atom. The van der Waals surface area contributed by atoms with Crippen LogP contribution < -0.4 is 5.32 Å². The van der Waals surface area contributed by atoms with Crippen molar-refractivity contribution in [2.75, 3.05) is 24.6 Å². The Morgan fingerprint density at radius 2 is 1.79 bits per heavy atom. The Bertz CT molecular complexity index is 381. The summed E-state index contributed by atoms with van der Waals surface area (Å²) in [7, 11) is -2.82. The predicted octanol–water partition coefficient (Wildman–Crippen LogP) is 2.62. The molecule has 1 N–H and O–H groups in total. The molecule has 0 aliphatic heterocycles. The van der Waals surface area contributed by atoms with Crippen LogP contribution in [0.5, 0.6) is 0 Å². The van der Waals surface area contributed by atoms with Crippen molar-refractivity contribution >= 4 is 9.84 Å². The Labute approximate surface area is 118 Å². The third-order valence-electron chi connectivity index (χ3n) is 4.84. The van der Waals surface area contributed by atoms with Crippen molar-refractivity contribution in [2.24, 2.45) is 17.3 Å². The SMILES string of the molecule is CCCNCC1(CCS(=O)(=O)CCC)CC2CC2C1. The summed E-state index contributed by atoms with van der Waals surface area (Å²) >= 11 is 0. The predicted molar refractivity (Wildman–Crippen MR) is 80.0 cm³/mol. The molecule has 112 valence electrons. The van der Waals surface area contributed by atoms with E-state index in [1.165, 1.54) is 19.3 Å². The van der Waals surface area contributed by atoms with Gasteiger partial charge in [-0.2, -0.15) is 0 Å². The van der Waals surface area contributed by atoms with Crippen molar-refractivity contribution in [1.82, 2.24) is 5.32 Å². The highest BCUT2D eigenvalue weighted by Gasteiger charge is 2.53. The van der Waals surface area contributed by atoms with E-state index in [1.807, 2.05) is 6.92 Å². The van der Waals surface area contributed by atoms with E-state index in [-0.39, 0.29) is 5.41 Å². The number of hydrogen-bond acceptors (Lipinski definition) is 3. The molecule has 2 saturated carbocycles. The molecule has 2 atom stereocenters. The molecule has 2 aliphatic rings. The van der Waals surface area contributed by atoms with Crippen molar-refractivity contribution in [1.29, 1.82) is 0 Å². The fourth-order valence-corrected chi connectivity index (χ4v) is 5.33. The quantitative estimate of drug-likeness (QED) is 0.663. The third-order valence-corrected chi connectivity index (χ3v) is 6.70. The van der Waals surface area contributed by atoms with Gasteiger partial charge in [0.15, 0.2) is 0 Å². The fourth-order valence-electron chi connectivity index (χ4n) is 3.76. The Morgan fingerprint density at radius 3 is 2.37 bits per heavy atom. The van der Waals surface area contributed by atoms with E-state index in [9.17, 15) is 8.42 Å². The molecule has 0 aromatic carbocycles. The minimum Gasteiger partial charge on any atom is -0.316 e. The van der Waals surface area contributed by atoms with E-state index in [4.69, 9.17) is 0 Å². The second-order valence-corrected chi connectivity index (χ2v) is 9.05. The maximum atomic E-state index is 11.9.